The van der Waals surface area contributed by atoms with E-state index < -0.39 is 23.7 Å². The zero-order valence-electron chi connectivity index (χ0n) is 12.8. The van der Waals surface area contributed by atoms with Gasteiger partial charge in [0.25, 0.3) is 0 Å². The number of hydrogen-bond acceptors (Lipinski definition) is 5. The second-order valence-corrected chi connectivity index (χ2v) is 6.20. The summed E-state index contributed by atoms with van der Waals surface area (Å²) < 4.78 is 18.1. The second kappa shape index (κ2) is 7.34. The summed E-state index contributed by atoms with van der Waals surface area (Å²) in [5.41, 5.74) is 5.97. The Hall–Kier alpha value is -2.25. The Balaban J connectivity index is 2.19. The van der Waals surface area contributed by atoms with Crippen LogP contribution in [0.4, 0.5) is 4.39 Å². The van der Waals surface area contributed by atoms with Gasteiger partial charge in [0.1, 0.15) is 16.7 Å². The van der Waals surface area contributed by atoms with Crippen LogP contribution in [-0.2, 0) is 16.1 Å². The SMILES string of the molecule is COC(=O)c1ccc(CN(C)C(C(N)=O)c2cccc(F)c2)s1. The molecule has 0 aliphatic rings. The second-order valence-electron chi connectivity index (χ2n) is 5.03. The molecule has 0 spiro atoms. The largest absolute Gasteiger partial charge is 0.465 e. The number of amides is 1. The molecule has 0 aliphatic carbocycles. The number of esters is 1. The lowest BCUT2D eigenvalue weighted by molar-refractivity contribution is -0.123. The first-order chi connectivity index (χ1) is 10.9. The van der Waals surface area contributed by atoms with E-state index in [1.165, 1.54) is 36.6 Å². The van der Waals surface area contributed by atoms with Gasteiger partial charge in [0, 0.05) is 11.4 Å². The van der Waals surface area contributed by atoms with E-state index in [9.17, 15) is 14.0 Å². The molecule has 5 nitrogen and oxygen atoms in total. The molecule has 0 fully saturated rings. The van der Waals surface area contributed by atoms with Gasteiger partial charge in [-0.25, -0.2) is 9.18 Å². The third kappa shape index (κ3) is 4.14. The van der Waals surface area contributed by atoms with Crippen molar-refractivity contribution in [3.05, 3.63) is 57.5 Å². The van der Waals surface area contributed by atoms with Crippen molar-refractivity contribution in [1.82, 2.24) is 4.90 Å². The third-order valence-corrected chi connectivity index (χ3v) is 4.38. The molecule has 0 saturated carbocycles. The maximum atomic E-state index is 13.4. The number of nitrogens with two attached hydrogens (primary N) is 1. The number of carbonyl (C=O) groups is 2. The average Bonchev–Trinajstić information content (AvgIpc) is 2.94. The smallest absolute Gasteiger partial charge is 0.348 e. The molecule has 1 unspecified atom stereocenters. The molecule has 1 amide bonds. The van der Waals surface area contributed by atoms with Crippen LogP contribution in [0.3, 0.4) is 0 Å². The minimum atomic E-state index is -0.755. The summed E-state index contributed by atoms with van der Waals surface area (Å²) in [6.45, 7) is 0.395. The average molecular weight is 336 g/mol. The topological polar surface area (TPSA) is 72.6 Å². The van der Waals surface area contributed by atoms with Gasteiger partial charge in [-0.3, -0.25) is 9.69 Å². The van der Waals surface area contributed by atoms with E-state index in [4.69, 9.17) is 5.73 Å². The summed E-state index contributed by atoms with van der Waals surface area (Å²) in [6.07, 6.45) is 0. The first-order valence-electron chi connectivity index (χ1n) is 6.84. The van der Waals surface area contributed by atoms with Gasteiger partial charge >= 0.3 is 5.97 Å². The highest BCUT2D eigenvalue weighted by molar-refractivity contribution is 7.13. The van der Waals surface area contributed by atoms with Gasteiger partial charge in [0.15, 0.2) is 0 Å². The quantitative estimate of drug-likeness (QED) is 0.822. The minimum absolute atomic E-state index is 0.395. The molecule has 23 heavy (non-hydrogen) atoms. The summed E-state index contributed by atoms with van der Waals surface area (Å²) in [5, 5.41) is 0. The standard InChI is InChI=1S/C16H17FN2O3S/c1-19(9-12-6-7-13(23-12)16(21)22-2)14(15(18)20)10-4-3-5-11(17)8-10/h3-8,14H,9H2,1-2H3,(H2,18,20). The number of benzene rings is 1. The fourth-order valence-corrected chi connectivity index (χ4v) is 3.31. The van der Waals surface area contributed by atoms with Crippen molar-refractivity contribution < 1.29 is 18.7 Å². The Labute approximate surface area is 137 Å². The molecule has 0 saturated heterocycles. The lowest BCUT2D eigenvalue weighted by Gasteiger charge is -2.25. The van der Waals surface area contributed by atoms with Crippen molar-refractivity contribution in [2.45, 2.75) is 12.6 Å². The van der Waals surface area contributed by atoms with Crippen LogP contribution >= 0.6 is 11.3 Å². The Kier molecular flexibility index (Phi) is 5.46. The van der Waals surface area contributed by atoms with Crippen LogP contribution < -0.4 is 5.73 Å². The normalized spacial score (nSPS) is 12.2. The Bertz CT molecular complexity index is 717. The first-order valence-corrected chi connectivity index (χ1v) is 7.66. The molecule has 1 heterocycles. The molecule has 1 aromatic heterocycles. The molecule has 0 radical (unpaired) electrons. The molecule has 2 N–H and O–H groups in total. The molecule has 2 rings (SSSR count). The molecule has 2 aromatic rings. The van der Waals surface area contributed by atoms with E-state index in [1.54, 1.807) is 30.1 Å². The van der Waals surface area contributed by atoms with Crippen LogP contribution in [0.5, 0.6) is 0 Å². The lowest BCUT2D eigenvalue weighted by atomic mass is 10.0. The number of ether oxygens (including phenoxy) is 1. The molecule has 122 valence electrons. The predicted molar refractivity (Wildman–Crippen MR) is 85.5 cm³/mol. The fraction of sp³-hybridized carbons (Fsp3) is 0.250. The van der Waals surface area contributed by atoms with Crippen molar-refractivity contribution in [1.29, 1.82) is 0 Å². The predicted octanol–water partition coefficient (Wildman–Crippen LogP) is 2.33. The van der Waals surface area contributed by atoms with Crippen LogP contribution in [0.25, 0.3) is 0 Å². The maximum Gasteiger partial charge on any atom is 0.348 e. The molecular formula is C16H17FN2O3S. The molecule has 0 aliphatic heterocycles. The Morgan fingerprint density at radius 1 is 1.35 bits per heavy atom. The number of carbonyl (C=O) groups excluding carboxylic acids is 2. The van der Waals surface area contributed by atoms with Crippen molar-refractivity contribution in [2.24, 2.45) is 5.73 Å². The molecule has 1 aromatic carbocycles. The van der Waals surface area contributed by atoms with Gasteiger partial charge < -0.3 is 10.5 Å². The van der Waals surface area contributed by atoms with Crippen LogP contribution in [0.15, 0.2) is 36.4 Å². The van der Waals surface area contributed by atoms with E-state index in [0.717, 1.165) is 4.88 Å². The maximum absolute atomic E-state index is 13.4. The van der Waals surface area contributed by atoms with Gasteiger partial charge in [-0.1, -0.05) is 12.1 Å². The van der Waals surface area contributed by atoms with Gasteiger partial charge in [-0.05, 0) is 36.9 Å². The third-order valence-electron chi connectivity index (χ3n) is 3.33. The Morgan fingerprint density at radius 3 is 2.70 bits per heavy atom. The highest BCUT2D eigenvalue weighted by Crippen LogP contribution is 2.25. The van der Waals surface area contributed by atoms with E-state index in [2.05, 4.69) is 4.74 Å². The van der Waals surface area contributed by atoms with Crippen molar-refractivity contribution in [3.8, 4) is 0 Å². The number of thiophene rings is 1. The van der Waals surface area contributed by atoms with Gasteiger partial charge in [0.05, 0.1) is 7.11 Å². The zero-order chi connectivity index (χ0) is 17.0. The van der Waals surface area contributed by atoms with Crippen LogP contribution in [0, 0.1) is 5.82 Å². The van der Waals surface area contributed by atoms with Crippen LogP contribution in [-0.4, -0.2) is 30.9 Å². The van der Waals surface area contributed by atoms with E-state index >= 15 is 0 Å². The van der Waals surface area contributed by atoms with Gasteiger partial charge in [-0.2, -0.15) is 0 Å². The molecular weight excluding hydrogens is 319 g/mol. The summed E-state index contributed by atoms with van der Waals surface area (Å²) in [6, 6.07) is 8.49. The van der Waals surface area contributed by atoms with E-state index in [0.29, 0.717) is 17.0 Å². The monoisotopic (exact) mass is 336 g/mol. The van der Waals surface area contributed by atoms with Crippen molar-refractivity contribution in [3.63, 3.8) is 0 Å². The van der Waals surface area contributed by atoms with Crippen LogP contribution in [0.1, 0.15) is 26.2 Å². The van der Waals surface area contributed by atoms with Crippen molar-refractivity contribution in [2.75, 3.05) is 14.2 Å². The lowest BCUT2D eigenvalue weighted by Crippen LogP contribution is -2.34. The fourth-order valence-electron chi connectivity index (χ4n) is 2.32. The minimum Gasteiger partial charge on any atom is -0.465 e. The summed E-state index contributed by atoms with van der Waals surface area (Å²) in [7, 11) is 3.04. The molecule has 0 bridgehead atoms. The number of likely N-dealkylation sites (N-methyl/N-ethyl adjacent to an activating group) is 1. The van der Waals surface area contributed by atoms with Crippen molar-refractivity contribution >= 4 is 23.2 Å². The zero-order valence-corrected chi connectivity index (χ0v) is 13.6. The first kappa shape index (κ1) is 17.1. The number of rotatable bonds is 6. The summed E-state index contributed by atoms with van der Waals surface area (Å²) in [5.74, 6) is -1.39. The van der Waals surface area contributed by atoms with Crippen LogP contribution in [0.2, 0.25) is 0 Å². The molecule has 1 atom stereocenters. The van der Waals surface area contributed by atoms with Gasteiger partial charge in [-0.15, -0.1) is 11.3 Å². The number of halogens is 1. The highest BCUT2D eigenvalue weighted by Gasteiger charge is 2.24. The van der Waals surface area contributed by atoms with E-state index in [-0.39, 0.29) is 0 Å². The Morgan fingerprint density at radius 2 is 2.09 bits per heavy atom. The number of methoxy groups -OCH3 is 1. The van der Waals surface area contributed by atoms with E-state index in [1.807, 2.05) is 0 Å². The molecule has 7 heteroatoms. The summed E-state index contributed by atoms with van der Waals surface area (Å²) >= 11 is 1.28. The van der Waals surface area contributed by atoms with Gasteiger partial charge in [0.2, 0.25) is 5.91 Å². The number of primary amides is 1. The highest BCUT2D eigenvalue weighted by atomic mass is 32.1. The summed E-state index contributed by atoms with van der Waals surface area (Å²) in [4.78, 5) is 26.3. The number of hydrogen-bond donors (Lipinski definition) is 1. The number of nitrogens with zero attached hydrogens (tertiary/aromatic N) is 1.